The van der Waals surface area contributed by atoms with Crippen molar-refractivity contribution in [3.05, 3.63) is 36.2 Å². The minimum Gasteiger partial charge on any atom is -0.451 e. The van der Waals surface area contributed by atoms with Gasteiger partial charge in [-0.1, -0.05) is 23.4 Å². The number of nitrogens with zero attached hydrogens (tertiary/aromatic N) is 3. The van der Waals surface area contributed by atoms with Gasteiger partial charge in [-0.25, -0.2) is 0 Å². The van der Waals surface area contributed by atoms with E-state index in [1.165, 1.54) is 0 Å². The molecule has 1 atom stereocenters. The van der Waals surface area contributed by atoms with Crippen LogP contribution in [0.2, 0.25) is 0 Å². The molecular formula is C15H17ClN4O2. The Morgan fingerprint density at radius 3 is 3.00 bits per heavy atom. The van der Waals surface area contributed by atoms with Crippen LogP contribution in [0.1, 0.15) is 11.9 Å². The zero-order valence-electron chi connectivity index (χ0n) is 12.2. The molecule has 3 aromatic rings. The van der Waals surface area contributed by atoms with Crippen LogP contribution in [-0.4, -0.2) is 41.7 Å². The third-order valence-corrected chi connectivity index (χ3v) is 3.89. The molecule has 1 aliphatic rings. The average molecular weight is 321 g/mol. The van der Waals surface area contributed by atoms with E-state index in [0.717, 1.165) is 30.6 Å². The number of aromatic nitrogens is 2. The van der Waals surface area contributed by atoms with Crippen LogP contribution in [0.4, 0.5) is 0 Å². The number of furan rings is 1. The highest BCUT2D eigenvalue weighted by Crippen LogP contribution is 2.28. The number of halogens is 1. The van der Waals surface area contributed by atoms with E-state index in [4.69, 9.17) is 8.94 Å². The van der Waals surface area contributed by atoms with Gasteiger partial charge in [0.15, 0.2) is 11.6 Å². The lowest BCUT2D eigenvalue weighted by atomic mass is 10.2. The minimum absolute atomic E-state index is 0. The zero-order chi connectivity index (χ0) is 14.2. The van der Waals surface area contributed by atoms with Gasteiger partial charge in [0.05, 0.1) is 6.04 Å². The molecule has 1 N–H and O–H groups in total. The standard InChI is InChI=1S/C15H16N4O2.ClH/c1-19-7-6-16-9-11(19)14-17-15(21-18-14)13-8-10-4-2-3-5-12(10)20-13;/h2-5,8,11,16H,6-7,9H2,1H3;1H. The maximum absolute atomic E-state index is 5.76. The predicted molar refractivity (Wildman–Crippen MR) is 85.0 cm³/mol. The zero-order valence-corrected chi connectivity index (χ0v) is 13.0. The van der Waals surface area contributed by atoms with Gasteiger partial charge >= 0.3 is 0 Å². The summed E-state index contributed by atoms with van der Waals surface area (Å²) in [4.78, 5) is 6.72. The molecule has 1 saturated heterocycles. The fraction of sp³-hybridized carbons (Fsp3) is 0.333. The molecule has 22 heavy (non-hydrogen) atoms. The first kappa shape index (κ1) is 15.0. The number of benzene rings is 1. The molecule has 0 saturated carbocycles. The molecule has 7 heteroatoms. The Morgan fingerprint density at radius 2 is 2.18 bits per heavy atom. The molecule has 2 aromatic heterocycles. The molecule has 0 radical (unpaired) electrons. The SMILES string of the molecule is CN1CCNCC1c1noc(-c2cc3ccccc3o2)n1.Cl. The summed E-state index contributed by atoms with van der Waals surface area (Å²) in [6.07, 6.45) is 0. The van der Waals surface area contributed by atoms with Crippen molar-refractivity contribution in [1.29, 1.82) is 0 Å². The molecule has 1 aliphatic heterocycles. The second-order valence-electron chi connectivity index (χ2n) is 5.31. The molecule has 1 fully saturated rings. The molecule has 116 valence electrons. The third-order valence-electron chi connectivity index (χ3n) is 3.89. The highest BCUT2D eigenvalue weighted by atomic mass is 35.5. The average Bonchev–Trinajstić information content (AvgIpc) is 3.14. The van der Waals surface area contributed by atoms with Crippen molar-refractivity contribution in [2.24, 2.45) is 0 Å². The van der Waals surface area contributed by atoms with Crippen molar-refractivity contribution < 1.29 is 8.94 Å². The molecule has 0 bridgehead atoms. The van der Waals surface area contributed by atoms with Crippen LogP contribution in [-0.2, 0) is 0 Å². The Hall–Kier alpha value is -1.89. The van der Waals surface area contributed by atoms with Gasteiger partial charge in [0.2, 0.25) is 0 Å². The largest absolute Gasteiger partial charge is 0.451 e. The second-order valence-corrected chi connectivity index (χ2v) is 5.31. The summed E-state index contributed by atoms with van der Waals surface area (Å²) in [6, 6.07) is 9.91. The van der Waals surface area contributed by atoms with E-state index < -0.39 is 0 Å². The molecule has 0 amide bonds. The van der Waals surface area contributed by atoms with Gasteiger partial charge in [-0.05, 0) is 19.2 Å². The van der Waals surface area contributed by atoms with Crippen LogP contribution in [0, 0.1) is 0 Å². The number of likely N-dealkylation sites (N-methyl/N-ethyl adjacent to an activating group) is 1. The summed E-state index contributed by atoms with van der Waals surface area (Å²) in [7, 11) is 2.07. The summed E-state index contributed by atoms with van der Waals surface area (Å²) in [6.45, 7) is 2.79. The topological polar surface area (TPSA) is 67.3 Å². The molecule has 6 nitrogen and oxygen atoms in total. The molecule has 4 rings (SSSR count). The Morgan fingerprint density at radius 1 is 1.32 bits per heavy atom. The molecule has 1 aromatic carbocycles. The molecule has 3 heterocycles. The number of piperazine rings is 1. The highest BCUT2D eigenvalue weighted by Gasteiger charge is 2.26. The number of hydrogen-bond acceptors (Lipinski definition) is 6. The van der Waals surface area contributed by atoms with Gasteiger partial charge in [-0.2, -0.15) is 4.98 Å². The van der Waals surface area contributed by atoms with E-state index in [2.05, 4.69) is 27.4 Å². The normalized spacial score (nSPS) is 19.2. The van der Waals surface area contributed by atoms with Gasteiger partial charge in [-0.15, -0.1) is 12.4 Å². The smallest absolute Gasteiger partial charge is 0.293 e. The van der Waals surface area contributed by atoms with Crippen molar-refractivity contribution in [2.75, 3.05) is 26.7 Å². The van der Waals surface area contributed by atoms with Gasteiger partial charge in [0, 0.05) is 25.0 Å². The lowest BCUT2D eigenvalue weighted by molar-refractivity contribution is 0.190. The number of hydrogen-bond donors (Lipinski definition) is 1. The molecule has 1 unspecified atom stereocenters. The quantitative estimate of drug-likeness (QED) is 0.782. The lowest BCUT2D eigenvalue weighted by Gasteiger charge is -2.30. The van der Waals surface area contributed by atoms with Gasteiger partial charge in [0.1, 0.15) is 5.58 Å². The molecule has 0 spiro atoms. The summed E-state index contributed by atoms with van der Waals surface area (Å²) in [5, 5.41) is 8.49. The Labute approximate surface area is 133 Å². The number of para-hydroxylation sites is 1. The van der Waals surface area contributed by atoms with Crippen molar-refractivity contribution in [1.82, 2.24) is 20.4 Å². The highest BCUT2D eigenvalue weighted by molar-refractivity contribution is 5.85. The van der Waals surface area contributed by atoms with Gasteiger partial charge in [-0.3, -0.25) is 4.90 Å². The van der Waals surface area contributed by atoms with Crippen molar-refractivity contribution in [3.63, 3.8) is 0 Å². The van der Waals surface area contributed by atoms with Gasteiger partial charge in [0.25, 0.3) is 5.89 Å². The summed E-state index contributed by atoms with van der Waals surface area (Å²) in [5.74, 6) is 1.74. The summed E-state index contributed by atoms with van der Waals surface area (Å²) in [5.41, 5.74) is 0.823. The fourth-order valence-corrected chi connectivity index (χ4v) is 2.65. The third kappa shape index (κ3) is 2.61. The Balaban J connectivity index is 0.00000144. The van der Waals surface area contributed by atoms with E-state index in [1.807, 2.05) is 30.3 Å². The van der Waals surface area contributed by atoms with Crippen LogP contribution in [0.25, 0.3) is 22.6 Å². The fourth-order valence-electron chi connectivity index (χ4n) is 2.65. The summed E-state index contributed by atoms with van der Waals surface area (Å²) < 4.78 is 11.1. The Kier molecular flexibility index (Phi) is 4.15. The van der Waals surface area contributed by atoms with Crippen LogP contribution in [0.3, 0.4) is 0 Å². The van der Waals surface area contributed by atoms with E-state index >= 15 is 0 Å². The van der Waals surface area contributed by atoms with Crippen molar-refractivity contribution in [3.8, 4) is 11.7 Å². The number of fused-ring (bicyclic) bond motifs is 1. The van der Waals surface area contributed by atoms with Crippen LogP contribution in [0.5, 0.6) is 0 Å². The minimum atomic E-state index is 0. The molecule has 0 aliphatic carbocycles. The van der Waals surface area contributed by atoms with Crippen LogP contribution in [0.15, 0.2) is 39.3 Å². The summed E-state index contributed by atoms with van der Waals surface area (Å²) >= 11 is 0. The number of rotatable bonds is 2. The molecular weight excluding hydrogens is 304 g/mol. The maximum Gasteiger partial charge on any atom is 0.293 e. The van der Waals surface area contributed by atoms with E-state index in [9.17, 15) is 0 Å². The van der Waals surface area contributed by atoms with E-state index in [1.54, 1.807) is 0 Å². The predicted octanol–water partition coefficient (Wildman–Crippen LogP) is 2.48. The van der Waals surface area contributed by atoms with E-state index in [0.29, 0.717) is 17.5 Å². The second kappa shape index (κ2) is 6.08. The van der Waals surface area contributed by atoms with Crippen molar-refractivity contribution in [2.45, 2.75) is 6.04 Å². The Bertz CT molecular complexity index is 737. The maximum atomic E-state index is 5.76. The first-order valence-electron chi connectivity index (χ1n) is 7.05. The lowest BCUT2D eigenvalue weighted by Crippen LogP contribution is -2.44. The first-order valence-corrected chi connectivity index (χ1v) is 7.05. The number of nitrogens with one attached hydrogen (secondary N) is 1. The monoisotopic (exact) mass is 320 g/mol. The van der Waals surface area contributed by atoms with Crippen LogP contribution < -0.4 is 5.32 Å². The van der Waals surface area contributed by atoms with Gasteiger partial charge < -0.3 is 14.3 Å². The van der Waals surface area contributed by atoms with E-state index in [-0.39, 0.29) is 18.4 Å². The van der Waals surface area contributed by atoms with Crippen LogP contribution >= 0.6 is 12.4 Å². The van der Waals surface area contributed by atoms with Crippen molar-refractivity contribution >= 4 is 23.4 Å². The first-order chi connectivity index (χ1) is 10.3.